The van der Waals surface area contributed by atoms with E-state index in [2.05, 4.69) is 22.3 Å². The lowest BCUT2D eigenvalue weighted by atomic mass is 10.1. The first kappa shape index (κ1) is 13.1. The van der Waals surface area contributed by atoms with Crippen LogP contribution in [0.5, 0.6) is 11.5 Å². The Balaban J connectivity index is 1.69. The van der Waals surface area contributed by atoms with Gasteiger partial charge in [0, 0.05) is 32.7 Å². The highest BCUT2D eigenvalue weighted by molar-refractivity contribution is 7.99. The smallest absolute Gasteiger partial charge is 0.138 e. The lowest BCUT2D eigenvalue weighted by molar-refractivity contribution is 0.243. The van der Waals surface area contributed by atoms with E-state index in [1.807, 2.05) is 0 Å². The number of piperazine rings is 1. The summed E-state index contributed by atoms with van der Waals surface area (Å²) in [6.07, 6.45) is 1.02. The molecule has 3 rings (SSSR count). The third kappa shape index (κ3) is 2.99. The zero-order valence-electron chi connectivity index (χ0n) is 11.3. The van der Waals surface area contributed by atoms with Crippen molar-refractivity contribution < 1.29 is 9.47 Å². The topological polar surface area (TPSA) is 33.7 Å². The van der Waals surface area contributed by atoms with Crippen LogP contribution in [-0.4, -0.2) is 50.7 Å². The molecule has 0 aliphatic carbocycles. The predicted octanol–water partition coefficient (Wildman–Crippen LogP) is 1.58. The van der Waals surface area contributed by atoms with Gasteiger partial charge in [0.25, 0.3) is 0 Å². The fourth-order valence-corrected chi connectivity index (χ4v) is 3.33. The van der Waals surface area contributed by atoms with Crippen molar-refractivity contribution in [2.45, 2.75) is 11.3 Å². The van der Waals surface area contributed by atoms with Gasteiger partial charge in [-0.05, 0) is 24.1 Å². The molecule has 1 aromatic rings. The summed E-state index contributed by atoms with van der Waals surface area (Å²) >= 11 is 1.73. The monoisotopic (exact) mass is 280 g/mol. The summed E-state index contributed by atoms with van der Waals surface area (Å²) < 4.78 is 11.1. The van der Waals surface area contributed by atoms with E-state index in [0.29, 0.717) is 0 Å². The van der Waals surface area contributed by atoms with Gasteiger partial charge in [-0.25, -0.2) is 0 Å². The fraction of sp³-hybridized carbons (Fsp3) is 0.571. The van der Waals surface area contributed by atoms with Gasteiger partial charge in [-0.1, -0.05) is 11.8 Å². The number of hydrogen-bond acceptors (Lipinski definition) is 5. The van der Waals surface area contributed by atoms with E-state index in [1.54, 1.807) is 18.9 Å². The summed E-state index contributed by atoms with van der Waals surface area (Å²) in [5.41, 5.74) is 1.25. The molecule has 19 heavy (non-hydrogen) atoms. The molecule has 1 N–H and O–H groups in total. The van der Waals surface area contributed by atoms with E-state index in [-0.39, 0.29) is 0 Å². The van der Waals surface area contributed by atoms with Gasteiger partial charge in [0.15, 0.2) is 0 Å². The maximum atomic E-state index is 5.61. The van der Waals surface area contributed by atoms with Crippen LogP contribution in [0.4, 0.5) is 0 Å². The van der Waals surface area contributed by atoms with Crippen molar-refractivity contribution >= 4 is 11.8 Å². The first-order valence-corrected chi connectivity index (χ1v) is 7.75. The second-order valence-electron chi connectivity index (χ2n) is 4.86. The van der Waals surface area contributed by atoms with Gasteiger partial charge >= 0.3 is 0 Å². The summed E-state index contributed by atoms with van der Waals surface area (Å²) in [4.78, 5) is 3.70. The SMILES string of the molecule is COc1cc2c(cc1CCN1CCNCC1)OCS2. The average molecular weight is 280 g/mol. The number of fused-ring (bicyclic) bond motifs is 1. The normalized spacial score (nSPS) is 19.0. The molecule has 0 aromatic heterocycles. The van der Waals surface area contributed by atoms with Crippen LogP contribution in [-0.2, 0) is 6.42 Å². The Morgan fingerprint density at radius 1 is 1.37 bits per heavy atom. The molecular weight excluding hydrogens is 260 g/mol. The second-order valence-corrected chi connectivity index (χ2v) is 5.82. The summed E-state index contributed by atoms with van der Waals surface area (Å²) in [7, 11) is 1.75. The van der Waals surface area contributed by atoms with Crippen LogP contribution in [0.15, 0.2) is 17.0 Å². The van der Waals surface area contributed by atoms with Gasteiger partial charge in [-0.2, -0.15) is 0 Å². The van der Waals surface area contributed by atoms with Crippen molar-refractivity contribution in [2.24, 2.45) is 0 Å². The molecule has 2 aliphatic rings. The van der Waals surface area contributed by atoms with Gasteiger partial charge in [0.2, 0.25) is 0 Å². The predicted molar refractivity (Wildman–Crippen MR) is 77.4 cm³/mol. The van der Waals surface area contributed by atoms with E-state index in [4.69, 9.17) is 9.47 Å². The quantitative estimate of drug-likeness (QED) is 0.906. The number of thioether (sulfide) groups is 1. The summed E-state index contributed by atoms with van der Waals surface area (Å²) in [6, 6.07) is 4.26. The van der Waals surface area contributed by atoms with Crippen molar-refractivity contribution in [1.29, 1.82) is 0 Å². The third-order valence-corrected chi connectivity index (χ3v) is 4.55. The van der Waals surface area contributed by atoms with Crippen LogP contribution in [0, 0.1) is 0 Å². The van der Waals surface area contributed by atoms with E-state index < -0.39 is 0 Å². The highest BCUT2D eigenvalue weighted by Crippen LogP contribution is 2.40. The minimum absolute atomic E-state index is 0.722. The van der Waals surface area contributed by atoms with E-state index in [0.717, 1.165) is 56.6 Å². The van der Waals surface area contributed by atoms with Gasteiger partial charge in [0.05, 0.1) is 12.0 Å². The van der Waals surface area contributed by atoms with Gasteiger partial charge < -0.3 is 19.7 Å². The molecule has 0 unspecified atom stereocenters. The molecule has 2 heterocycles. The van der Waals surface area contributed by atoms with E-state index in [1.165, 1.54) is 10.5 Å². The molecule has 0 saturated carbocycles. The van der Waals surface area contributed by atoms with Crippen molar-refractivity contribution in [1.82, 2.24) is 10.2 Å². The Bertz CT molecular complexity index is 447. The number of rotatable bonds is 4. The molecule has 0 amide bonds. The number of nitrogens with zero attached hydrogens (tertiary/aromatic N) is 1. The average Bonchev–Trinajstić information content (AvgIpc) is 2.92. The minimum Gasteiger partial charge on any atom is -0.496 e. The van der Waals surface area contributed by atoms with Gasteiger partial charge in [-0.15, -0.1) is 0 Å². The summed E-state index contributed by atoms with van der Waals surface area (Å²) in [5.74, 6) is 2.73. The molecule has 5 heteroatoms. The molecule has 1 saturated heterocycles. The van der Waals surface area contributed by atoms with Crippen molar-refractivity contribution in [2.75, 3.05) is 45.8 Å². The molecule has 2 aliphatic heterocycles. The number of nitrogens with one attached hydrogen (secondary N) is 1. The van der Waals surface area contributed by atoms with Crippen LogP contribution in [0.3, 0.4) is 0 Å². The highest BCUT2D eigenvalue weighted by atomic mass is 32.2. The van der Waals surface area contributed by atoms with Crippen molar-refractivity contribution in [3.05, 3.63) is 17.7 Å². The largest absolute Gasteiger partial charge is 0.496 e. The minimum atomic E-state index is 0.722. The number of methoxy groups -OCH3 is 1. The first-order valence-electron chi connectivity index (χ1n) is 6.76. The molecule has 1 aromatic carbocycles. The van der Waals surface area contributed by atoms with Crippen LogP contribution >= 0.6 is 11.8 Å². The molecule has 0 radical (unpaired) electrons. The van der Waals surface area contributed by atoms with Gasteiger partial charge in [-0.3, -0.25) is 0 Å². The molecule has 1 fully saturated rings. The molecule has 104 valence electrons. The Hall–Kier alpha value is -0.910. The lowest BCUT2D eigenvalue weighted by Gasteiger charge is -2.27. The fourth-order valence-electron chi connectivity index (χ4n) is 2.56. The maximum absolute atomic E-state index is 5.61. The van der Waals surface area contributed by atoms with Crippen LogP contribution < -0.4 is 14.8 Å². The summed E-state index contributed by atoms with van der Waals surface area (Å²) in [6.45, 7) is 5.56. The molecule has 0 bridgehead atoms. The molecular formula is C14H20N2O2S. The van der Waals surface area contributed by atoms with Crippen molar-refractivity contribution in [3.63, 3.8) is 0 Å². The van der Waals surface area contributed by atoms with Crippen LogP contribution in [0.25, 0.3) is 0 Å². The zero-order valence-corrected chi connectivity index (χ0v) is 12.1. The summed E-state index contributed by atoms with van der Waals surface area (Å²) in [5, 5.41) is 3.38. The van der Waals surface area contributed by atoms with Crippen LogP contribution in [0.2, 0.25) is 0 Å². The molecule has 4 nitrogen and oxygen atoms in total. The number of ether oxygens (including phenoxy) is 2. The van der Waals surface area contributed by atoms with Crippen molar-refractivity contribution in [3.8, 4) is 11.5 Å². The first-order chi connectivity index (χ1) is 9.36. The zero-order chi connectivity index (χ0) is 13.1. The highest BCUT2D eigenvalue weighted by Gasteiger charge is 2.18. The Morgan fingerprint density at radius 3 is 3.00 bits per heavy atom. The molecule has 0 spiro atoms. The maximum Gasteiger partial charge on any atom is 0.138 e. The number of benzene rings is 1. The Labute approximate surface area is 118 Å². The lowest BCUT2D eigenvalue weighted by Crippen LogP contribution is -2.44. The van der Waals surface area contributed by atoms with E-state index in [9.17, 15) is 0 Å². The third-order valence-electron chi connectivity index (χ3n) is 3.68. The second kappa shape index (κ2) is 6.03. The van der Waals surface area contributed by atoms with Gasteiger partial charge in [0.1, 0.15) is 17.4 Å². The Morgan fingerprint density at radius 2 is 2.21 bits per heavy atom. The number of hydrogen-bond donors (Lipinski definition) is 1. The van der Waals surface area contributed by atoms with E-state index >= 15 is 0 Å². The van der Waals surface area contributed by atoms with Crippen LogP contribution in [0.1, 0.15) is 5.56 Å². The Kier molecular flexibility index (Phi) is 4.15. The molecule has 0 atom stereocenters. The standard InChI is InChI=1S/C14H20N2O2S/c1-17-12-9-14-13(18-10-19-14)8-11(12)2-5-16-6-3-15-4-7-16/h8-9,15H,2-7,10H2,1H3.